The third-order valence-electron chi connectivity index (χ3n) is 8.51. The van der Waals surface area contributed by atoms with E-state index in [9.17, 15) is 35.1 Å². The lowest BCUT2D eigenvalue weighted by Crippen LogP contribution is -2.65. The number of phenols is 1. The SMILES string of the molecule is O=C1c2ccccc2C(=O)c2c1cc(Cc1ccccc1)c(O[C@@H]1O[C@@H](C3(O)CCCCC3)[C@H](O)[C@@H](O)[C@@H]1O)c2O. The summed E-state index contributed by atoms with van der Waals surface area (Å²) in [5, 5.41) is 55.2. The molecule has 9 nitrogen and oxygen atoms in total. The zero-order chi connectivity index (χ0) is 28.9. The van der Waals surface area contributed by atoms with Crippen LogP contribution in [0.5, 0.6) is 11.5 Å². The molecule has 0 bridgehead atoms. The van der Waals surface area contributed by atoms with E-state index in [1.54, 1.807) is 18.2 Å². The molecule has 1 saturated carbocycles. The molecule has 5 atom stereocenters. The highest BCUT2D eigenvalue weighted by atomic mass is 16.7. The Bertz CT molecular complexity index is 1480. The van der Waals surface area contributed by atoms with E-state index in [-0.39, 0.29) is 34.4 Å². The minimum absolute atomic E-state index is 0.0273. The van der Waals surface area contributed by atoms with Gasteiger partial charge in [-0.25, -0.2) is 0 Å². The van der Waals surface area contributed by atoms with E-state index in [1.807, 2.05) is 30.3 Å². The third-order valence-corrected chi connectivity index (χ3v) is 8.51. The zero-order valence-corrected chi connectivity index (χ0v) is 22.3. The van der Waals surface area contributed by atoms with Crippen molar-refractivity contribution in [1.82, 2.24) is 0 Å². The van der Waals surface area contributed by atoms with E-state index < -0.39 is 53.6 Å². The van der Waals surface area contributed by atoms with Gasteiger partial charge < -0.3 is 35.0 Å². The van der Waals surface area contributed by atoms with Gasteiger partial charge in [0.25, 0.3) is 0 Å². The lowest BCUT2D eigenvalue weighted by molar-refractivity contribution is -0.308. The first-order valence-electron chi connectivity index (χ1n) is 13.9. The van der Waals surface area contributed by atoms with Crippen molar-refractivity contribution in [2.45, 2.75) is 74.8 Å². The summed E-state index contributed by atoms with van der Waals surface area (Å²) in [5.74, 6) is -1.77. The van der Waals surface area contributed by atoms with Crippen LogP contribution in [-0.4, -0.2) is 73.4 Å². The van der Waals surface area contributed by atoms with Crippen molar-refractivity contribution in [1.29, 1.82) is 0 Å². The molecule has 0 aromatic heterocycles. The number of hydrogen-bond acceptors (Lipinski definition) is 9. The number of aliphatic hydroxyl groups is 4. The van der Waals surface area contributed by atoms with Gasteiger partial charge in [0.2, 0.25) is 6.29 Å². The third kappa shape index (κ3) is 4.73. The molecular formula is C32H32O9. The van der Waals surface area contributed by atoms with Crippen LogP contribution in [0.15, 0.2) is 60.7 Å². The molecule has 0 amide bonds. The van der Waals surface area contributed by atoms with Crippen LogP contribution in [-0.2, 0) is 11.2 Å². The van der Waals surface area contributed by atoms with Crippen molar-refractivity contribution >= 4 is 11.6 Å². The minimum atomic E-state index is -1.74. The number of carbonyl (C=O) groups is 2. The molecule has 214 valence electrons. The fourth-order valence-electron chi connectivity index (χ4n) is 6.31. The number of phenolic OH excluding ortho intramolecular Hbond substituents is 1. The molecule has 1 aliphatic heterocycles. The van der Waals surface area contributed by atoms with Crippen LogP contribution >= 0.6 is 0 Å². The molecule has 5 N–H and O–H groups in total. The van der Waals surface area contributed by atoms with Crippen molar-refractivity contribution in [3.63, 3.8) is 0 Å². The molecule has 41 heavy (non-hydrogen) atoms. The van der Waals surface area contributed by atoms with Gasteiger partial charge in [-0.1, -0.05) is 73.9 Å². The van der Waals surface area contributed by atoms with Gasteiger partial charge in [-0.2, -0.15) is 0 Å². The van der Waals surface area contributed by atoms with Gasteiger partial charge in [-0.05, 0) is 24.5 Å². The Labute approximate surface area is 236 Å². The van der Waals surface area contributed by atoms with Crippen LogP contribution in [0.2, 0.25) is 0 Å². The molecule has 0 unspecified atom stereocenters. The second-order valence-corrected chi connectivity index (χ2v) is 11.2. The van der Waals surface area contributed by atoms with Gasteiger partial charge in [-0.3, -0.25) is 9.59 Å². The Hall–Kier alpha value is -3.60. The molecule has 3 aromatic carbocycles. The van der Waals surface area contributed by atoms with Crippen LogP contribution < -0.4 is 4.74 Å². The fourth-order valence-corrected chi connectivity index (χ4v) is 6.31. The summed E-state index contributed by atoms with van der Waals surface area (Å²) in [7, 11) is 0. The van der Waals surface area contributed by atoms with Gasteiger partial charge >= 0.3 is 0 Å². The first kappa shape index (κ1) is 27.6. The van der Waals surface area contributed by atoms with Gasteiger partial charge in [0.15, 0.2) is 23.1 Å². The zero-order valence-electron chi connectivity index (χ0n) is 22.3. The number of fused-ring (bicyclic) bond motifs is 2. The van der Waals surface area contributed by atoms with Crippen LogP contribution in [0.4, 0.5) is 0 Å². The van der Waals surface area contributed by atoms with Crippen molar-refractivity contribution in [2.75, 3.05) is 0 Å². The fraction of sp³-hybridized carbons (Fsp3) is 0.375. The Balaban J connectivity index is 1.43. The highest BCUT2D eigenvalue weighted by Gasteiger charge is 2.53. The van der Waals surface area contributed by atoms with Crippen LogP contribution in [0, 0.1) is 0 Å². The van der Waals surface area contributed by atoms with Crippen molar-refractivity contribution in [3.8, 4) is 11.5 Å². The number of hydrogen-bond donors (Lipinski definition) is 5. The standard InChI is InChI=1S/C32H32O9/c33-23-19-11-5-6-12-20(19)24(34)22-21(23)16-18(15-17-9-3-1-4-10-17)29(25(22)35)40-31-28(38)26(36)27(37)30(41-31)32(39)13-7-2-8-14-32/h1,3-6,9-12,16,26-28,30-31,35-39H,2,7-8,13-15H2/t26-,27-,28+,30-,31-/m1/s1. The molecule has 0 spiro atoms. The molecule has 3 aromatic rings. The lowest BCUT2D eigenvalue weighted by atomic mass is 9.76. The second-order valence-electron chi connectivity index (χ2n) is 11.2. The van der Waals surface area contributed by atoms with Gasteiger partial charge in [-0.15, -0.1) is 0 Å². The predicted octanol–water partition coefficient (Wildman–Crippen LogP) is 2.64. The summed E-state index contributed by atoms with van der Waals surface area (Å²) in [5.41, 5.74) is -0.103. The smallest absolute Gasteiger partial charge is 0.229 e. The largest absolute Gasteiger partial charge is 0.504 e. The summed E-state index contributed by atoms with van der Waals surface area (Å²) in [6, 6.07) is 17.1. The van der Waals surface area contributed by atoms with E-state index in [4.69, 9.17) is 9.47 Å². The quantitative estimate of drug-likeness (QED) is 0.248. The summed E-state index contributed by atoms with van der Waals surface area (Å²) in [4.78, 5) is 26.9. The molecule has 1 heterocycles. The maximum atomic E-state index is 13.5. The van der Waals surface area contributed by atoms with Crippen LogP contribution in [0.25, 0.3) is 0 Å². The lowest BCUT2D eigenvalue weighted by Gasteiger charge is -2.48. The Morgan fingerprint density at radius 1 is 0.805 bits per heavy atom. The van der Waals surface area contributed by atoms with Gasteiger partial charge in [0.1, 0.15) is 24.4 Å². The number of aliphatic hydroxyl groups excluding tert-OH is 3. The van der Waals surface area contributed by atoms with E-state index in [2.05, 4.69) is 0 Å². The average Bonchev–Trinajstić information content (AvgIpc) is 2.98. The van der Waals surface area contributed by atoms with E-state index >= 15 is 0 Å². The number of aromatic hydroxyl groups is 1. The number of ether oxygens (including phenoxy) is 2. The number of ketones is 2. The minimum Gasteiger partial charge on any atom is -0.504 e. The second kappa shape index (κ2) is 10.7. The summed E-state index contributed by atoms with van der Waals surface area (Å²) < 4.78 is 12.0. The Kier molecular flexibility index (Phi) is 7.17. The molecule has 2 fully saturated rings. The Morgan fingerprint density at radius 2 is 1.44 bits per heavy atom. The molecule has 6 rings (SSSR count). The summed E-state index contributed by atoms with van der Waals surface area (Å²) in [6.07, 6.45) is -4.71. The van der Waals surface area contributed by atoms with E-state index in [0.29, 0.717) is 31.2 Å². The Morgan fingerprint density at radius 3 is 2.12 bits per heavy atom. The first-order valence-corrected chi connectivity index (χ1v) is 13.9. The molecular weight excluding hydrogens is 528 g/mol. The average molecular weight is 561 g/mol. The number of carbonyl (C=O) groups excluding carboxylic acids is 2. The predicted molar refractivity (Wildman–Crippen MR) is 146 cm³/mol. The monoisotopic (exact) mass is 560 g/mol. The molecule has 1 saturated heterocycles. The van der Waals surface area contributed by atoms with E-state index in [1.165, 1.54) is 12.1 Å². The van der Waals surface area contributed by atoms with Crippen molar-refractivity contribution < 1.29 is 44.6 Å². The first-order chi connectivity index (χ1) is 19.7. The summed E-state index contributed by atoms with van der Waals surface area (Å²) >= 11 is 0. The molecule has 3 aliphatic rings. The summed E-state index contributed by atoms with van der Waals surface area (Å²) in [6.45, 7) is 0. The van der Waals surface area contributed by atoms with Crippen molar-refractivity contribution in [2.24, 2.45) is 0 Å². The van der Waals surface area contributed by atoms with Gasteiger partial charge in [0.05, 0.1) is 11.2 Å². The van der Waals surface area contributed by atoms with Crippen LogP contribution in [0.3, 0.4) is 0 Å². The number of rotatable bonds is 5. The van der Waals surface area contributed by atoms with E-state index in [0.717, 1.165) is 12.0 Å². The highest BCUT2D eigenvalue weighted by molar-refractivity contribution is 6.29. The van der Waals surface area contributed by atoms with Crippen molar-refractivity contribution in [3.05, 3.63) is 94.0 Å². The van der Waals surface area contributed by atoms with Crippen LogP contribution in [0.1, 0.15) is 75.1 Å². The maximum absolute atomic E-state index is 13.5. The molecule has 9 heteroatoms. The topological polar surface area (TPSA) is 154 Å². The normalized spacial score (nSPS) is 27.2. The molecule has 0 radical (unpaired) electrons. The number of benzene rings is 3. The van der Waals surface area contributed by atoms with Gasteiger partial charge in [0, 0.05) is 28.7 Å². The molecule has 2 aliphatic carbocycles. The highest BCUT2D eigenvalue weighted by Crippen LogP contribution is 2.44. The maximum Gasteiger partial charge on any atom is 0.229 e.